The molecule has 132 valence electrons. The molecule has 0 unspecified atom stereocenters. The topological polar surface area (TPSA) is 57.2 Å². The fraction of sp³-hybridized carbons (Fsp3) is 0.684. The molecule has 1 aromatic rings. The summed E-state index contributed by atoms with van der Waals surface area (Å²) in [5.74, 6) is 0. The molecule has 3 nitrogen and oxygen atoms in total. The largest absolute Gasteiger partial charge is 1.00 e. The molecule has 0 N–H and O–H groups in total. The average molecular weight is 346 g/mol. The van der Waals surface area contributed by atoms with Crippen LogP contribution in [0.25, 0.3) is 0 Å². The van der Waals surface area contributed by atoms with Gasteiger partial charge in [-0.3, -0.25) is 0 Å². The second-order valence-corrected chi connectivity index (χ2v) is 7.77. The van der Waals surface area contributed by atoms with Crippen molar-refractivity contribution in [2.45, 2.75) is 88.9 Å². The third-order valence-electron chi connectivity index (χ3n) is 4.26. The molecule has 0 aliphatic carbocycles. The Labute approximate surface area is 160 Å². The molecule has 0 spiro atoms. The van der Waals surface area contributed by atoms with Crippen molar-refractivity contribution < 1.29 is 31.8 Å². The van der Waals surface area contributed by atoms with E-state index in [2.05, 4.69) is 6.92 Å². The summed E-state index contributed by atoms with van der Waals surface area (Å²) in [6.45, 7) is 2.25. The molecule has 1 aromatic carbocycles. The number of hydrogen-bond donors (Lipinski definition) is 0. The van der Waals surface area contributed by atoms with Gasteiger partial charge in [-0.25, -0.2) is 8.42 Å². The number of hydrogen-bond acceptors (Lipinski definition) is 3. The van der Waals surface area contributed by atoms with Crippen LogP contribution in [0.4, 0.5) is 0 Å². The van der Waals surface area contributed by atoms with Crippen LogP contribution in [0, 0.1) is 0 Å². The van der Waals surface area contributed by atoms with Crippen LogP contribution < -0.4 is 18.9 Å². The molecule has 24 heavy (non-hydrogen) atoms. The number of aryl methyl sites for hydroxylation is 1. The molecule has 0 saturated heterocycles. The summed E-state index contributed by atoms with van der Waals surface area (Å²) >= 11 is 0. The summed E-state index contributed by atoms with van der Waals surface area (Å²) in [4.78, 5) is -0.113. The quantitative estimate of drug-likeness (QED) is 0.313. The van der Waals surface area contributed by atoms with Gasteiger partial charge in [0.2, 0.25) is 0 Å². The van der Waals surface area contributed by atoms with Gasteiger partial charge in [0.05, 0.1) is 4.90 Å². The minimum atomic E-state index is -4.33. The molecule has 0 bridgehead atoms. The van der Waals surface area contributed by atoms with Gasteiger partial charge in [0.1, 0.15) is 10.1 Å². The van der Waals surface area contributed by atoms with Crippen LogP contribution in [0.1, 0.15) is 83.1 Å². The zero-order valence-corrected chi connectivity index (χ0v) is 16.2. The van der Waals surface area contributed by atoms with E-state index in [9.17, 15) is 13.0 Å². The van der Waals surface area contributed by atoms with Crippen LogP contribution in [0.5, 0.6) is 0 Å². The normalized spacial score (nSPS) is 11.2. The maximum absolute atomic E-state index is 11.0. The molecule has 0 atom stereocenters. The Morgan fingerprint density at radius 2 is 1.33 bits per heavy atom. The minimum Gasteiger partial charge on any atom is -0.744 e. The Balaban J connectivity index is 0.00000529. The molecule has 0 aliphatic rings. The van der Waals surface area contributed by atoms with Gasteiger partial charge in [-0.2, -0.15) is 0 Å². The molecular weight excluding hydrogens is 315 g/mol. The Kier molecular flexibility index (Phi) is 13.8. The first kappa shape index (κ1) is 23.7. The minimum absolute atomic E-state index is 0. The smallest absolute Gasteiger partial charge is 0.744 e. The van der Waals surface area contributed by atoms with E-state index in [1.54, 1.807) is 6.07 Å². The van der Waals surface area contributed by atoms with Crippen LogP contribution in [-0.2, 0) is 16.5 Å². The van der Waals surface area contributed by atoms with Crippen molar-refractivity contribution in [1.29, 1.82) is 0 Å². The van der Waals surface area contributed by atoms with E-state index in [1.165, 1.54) is 76.3 Å². The molecule has 1 rings (SSSR count). The Bertz CT molecular complexity index is 529. The number of rotatable bonds is 13. The fourth-order valence-corrected chi connectivity index (χ4v) is 3.39. The summed E-state index contributed by atoms with van der Waals surface area (Å²) < 4.78 is 33.0. The molecule has 0 radical (unpaired) electrons. The SMILES string of the molecule is CCCCCCCCCCCCCc1cccc(S(=O)(=O)[O-])c1.[Li+]. The predicted molar refractivity (Wildman–Crippen MR) is 94.6 cm³/mol. The summed E-state index contributed by atoms with van der Waals surface area (Å²) in [5.41, 5.74) is 0.942. The molecule has 0 fully saturated rings. The van der Waals surface area contributed by atoms with Gasteiger partial charge in [0.15, 0.2) is 0 Å². The van der Waals surface area contributed by atoms with Crippen molar-refractivity contribution >= 4 is 10.1 Å². The molecule has 0 amide bonds. The van der Waals surface area contributed by atoms with Crippen LogP contribution in [-0.4, -0.2) is 13.0 Å². The monoisotopic (exact) mass is 346 g/mol. The van der Waals surface area contributed by atoms with Gasteiger partial charge in [0, 0.05) is 0 Å². The first-order valence-corrected chi connectivity index (χ1v) is 10.5. The number of benzene rings is 1. The zero-order chi connectivity index (χ0) is 17.0. The van der Waals surface area contributed by atoms with Gasteiger partial charge >= 0.3 is 18.9 Å². The third kappa shape index (κ3) is 11.3. The van der Waals surface area contributed by atoms with Crippen LogP contribution >= 0.6 is 0 Å². The van der Waals surface area contributed by atoms with Crippen molar-refractivity contribution in [1.82, 2.24) is 0 Å². The Morgan fingerprint density at radius 3 is 1.83 bits per heavy atom. The van der Waals surface area contributed by atoms with Gasteiger partial charge in [-0.1, -0.05) is 83.3 Å². The van der Waals surface area contributed by atoms with E-state index in [-0.39, 0.29) is 23.8 Å². The second-order valence-electron chi connectivity index (χ2n) is 6.39. The standard InChI is InChI=1S/C19H32O3S.Li/c1-2-3-4-5-6-7-8-9-10-11-12-14-18-15-13-16-19(17-18)23(20,21)22;/h13,15-17H,2-12,14H2,1H3,(H,20,21,22);/q;+1/p-1. The maximum atomic E-state index is 11.0. The Morgan fingerprint density at radius 1 is 0.833 bits per heavy atom. The van der Waals surface area contributed by atoms with E-state index in [0.29, 0.717) is 0 Å². The summed E-state index contributed by atoms with van der Waals surface area (Å²) in [5, 5.41) is 0. The summed E-state index contributed by atoms with van der Waals surface area (Å²) in [7, 11) is -4.33. The van der Waals surface area contributed by atoms with Crippen molar-refractivity contribution in [2.75, 3.05) is 0 Å². The molecule has 0 aromatic heterocycles. The van der Waals surface area contributed by atoms with Crippen molar-refractivity contribution in [3.8, 4) is 0 Å². The average Bonchev–Trinajstić information content (AvgIpc) is 2.52. The van der Waals surface area contributed by atoms with Crippen LogP contribution in [0.15, 0.2) is 29.2 Å². The molecule has 5 heteroatoms. The van der Waals surface area contributed by atoms with E-state index in [4.69, 9.17) is 0 Å². The van der Waals surface area contributed by atoms with Crippen LogP contribution in [0.3, 0.4) is 0 Å². The van der Waals surface area contributed by atoms with E-state index >= 15 is 0 Å². The first-order valence-electron chi connectivity index (χ1n) is 9.09. The molecule has 0 saturated carbocycles. The van der Waals surface area contributed by atoms with Gasteiger partial charge < -0.3 is 4.55 Å². The predicted octanol–water partition coefficient (Wildman–Crippen LogP) is 2.45. The van der Waals surface area contributed by atoms with E-state index in [1.807, 2.05) is 6.07 Å². The van der Waals surface area contributed by atoms with Crippen molar-refractivity contribution in [3.05, 3.63) is 29.8 Å². The van der Waals surface area contributed by atoms with E-state index < -0.39 is 10.1 Å². The van der Waals surface area contributed by atoms with Crippen molar-refractivity contribution in [2.24, 2.45) is 0 Å². The van der Waals surface area contributed by atoms with E-state index in [0.717, 1.165) is 18.4 Å². The van der Waals surface area contributed by atoms with Crippen LogP contribution in [0.2, 0.25) is 0 Å². The third-order valence-corrected chi connectivity index (χ3v) is 5.09. The number of unbranched alkanes of at least 4 members (excludes halogenated alkanes) is 10. The fourth-order valence-electron chi connectivity index (χ4n) is 2.85. The second kappa shape index (κ2) is 14.0. The molecule has 0 aliphatic heterocycles. The zero-order valence-electron chi connectivity index (χ0n) is 15.4. The van der Waals surface area contributed by atoms with Crippen molar-refractivity contribution in [3.63, 3.8) is 0 Å². The maximum Gasteiger partial charge on any atom is 1.00 e. The summed E-state index contributed by atoms with van der Waals surface area (Å²) in [6, 6.07) is 6.43. The first-order chi connectivity index (χ1) is 11.0. The van der Waals surface area contributed by atoms with Gasteiger partial charge in [0.25, 0.3) is 0 Å². The summed E-state index contributed by atoms with van der Waals surface area (Å²) in [6.07, 6.45) is 15.1. The molecule has 0 heterocycles. The Hall–Kier alpha value is -0.273. The molecular formula is C19H31LiO3S. The van der Waals surface area contributed by atoms with Gasteiger partial charge in [-0.15, -0.1) is 0 Å². The van der Waals surface area contributed by atoms with Gasteiger partial charge in [-0.05, 0) is 30.5 Å².